The molecule has 0 saturated carbocycles. The van der Waals surface area contributed by atoms with E-state index in [0.717, 1.165) is 0 Å². The van der Waals surface area contributed by atoms with Crippen LogP contribution in [0.4, 0.5) is 0 Å². The molecule has 0 fully saturated rings. The van der Waals surface area contributed by atoms with Gasteiger partial charge >= 0.3 is 0 Å². The van der Waals surface area contributed by atoms with E-state index in [4.69, 9.17) is 5.11 Å². The first kappa shape index (κ1) is 10.9. The number of carbonyl (C=O) groups excluding carboxylic acids is 2. The fourth-order valence-electron chi connectivity index (χ4n) is 0.0886. The summed E-state index contributed by atoms with van der Waals surface area (Å²) in [4.78, 5) is 19.0. The summed E-state index contributed by atoms with van der Waals surface area (Å²) < 4.78 is 0. The van der Waals surface area contributed by atoms with E-state index in [1.807, 2.05) is 0 Å². The topological polar surface area (TPSA) is 54.4 Å². The third-order valence-electron chi connectivity index (χ3n) is 0.421. The van der Waals surface area contributed by atoms with Gasteiger partial charge in [-0.2, -0.15) is 0 Å². The minimum atomic E-state index is -0.250. The number of carbonyl (C=O) groups is 2. The molecule has 0 aromatic heterocycles. The summed E-state index contributed by atoms with van der Waals surface area (Å²) in [5.41, 5.74) is -0.250. The van der Waals surface area contributed by atoms with Crippen LogP contribution < -0.4 is 0 Å². The molecule has 0 saturated heterocycles. The average Bonchev–Trinajstić information content (AvgIpc) is 1.72. The van der Waals surface area contributed by atoms with Crippen molar-refractivity contribution in [3.8, 4) is 0 Å². The van der Waals surface area contributed by atoms with Crippen molar-refractivity contribution in [2.24, 2.45) is 0 Å². The van der Waals surface area contributed by atoms with Gasteiger partial charge in [0.25, 0.3) is 0 Å². The third-order valence-corrected chi connectivity index (χ3v) is 0.421. The standard InChI is InChI=1S/C4H4O3.Y/c5-1-4(2-6)3-7;/h1-3,5H;. The van der Waals surface area contributed by atoms with Crippen LogP contribution in [0.25, 0.3) is 0 Å². The van der Waals surface area contributed by atoms with Crippen LogP contribution in [0.3, 0.4) is 0 Å². The van der Waals surface area contributed by atoms with E-state index in [-0.39, 0.29) is 50.9 Å². The fraction of sp³-hybridized carbons (Fsp3) is 0. The van der Waals surface area contributed by atoms with E-state index in [2.05, 4.69) is 0 Å². The summed E-state index contributed by atoms with van der Waals surface area (Å²) in [6, 6.07) is 0. The maximum Gasteiger partial charge on any atom is 0.156 e. The zero-order valence-corrected chi connectivity index (χ0v) is 6.91. The van der Waals surface area contributed by atoms with Gasteiger partial charge in [0.15, 0.2) is 12.6 Å². The monoisotopic (exact) mass is 189 g/mol. The summed E-state index contributed by atoms with van der Waals surface area (Å²) in [6.45, 7) is 0. The van der Waals surface area contributed by atoms with Gasteiger partial charge in [0.2, 0.25) is 0 Å². The third kappa shape index (κ3) is 4.15. The molecule has 3 nitrogen and oxygen atoms in total. The van der Waals surface area contributed by atoms with Crippen molar-refractivity contribution >= 4 is 12.6 Å². The van der Waals surface area contributed by atoms with Crippen molar-refractivity contribution in [1.82, 2.24) is 0 Å². The van der Waals surface area contributed by atoms with Crippen molar-refractivity contribution in [2.45, 2.75) is 0 Å². The second-order valence-electron chi connectivity index (χ2n) is 0.865. The summed E-state index contributed by atoms with van der Waals surface area (Å²) in [7, 11) is 0. The van der Waals surface area contributed by atoms with Gasteiger partial charge in [0.05, 0.1) is 11.8 Å². The largest absolute Gasteiger partial charge is 0.515 e. The molecule has 0 unspecified atom stereocenters. The van der Waals surface area contributed by atoms with Crippen molar-refractivity contribution < 1.29 is 47.4 Å². The molecule has 0 aliphatic carbocycles. The number of hydrogen-bond donors (Lipinski definition) is 1. The first-order chi connectivity index (χ1) is 3.35. The quantitative estimate of drug-likeness (QED) is 0.215. The smallest absolute Gasteiger partial charge is 0.156 e. The molecule has 0 rings (SSSR count). The molecule has 8 heavy (non-hydrogen) atoms. The van der Waals surface area contributed by atoms with Crippen LogP contribution in [0.5, 0.6) is 0 Å². The molecule has 0 spiro atoms. The zero-order valence-electron chi connectivity index (χ0n) is 4.07. The molecule has 0 aliphatic rings. The van der Waals surface area contributed by atoms with Gasteiger partial charge in [-0.25, -0.2) is 0 Å². The summed E-state index contributed by atoms with van der Waals surface area (Å²) >= 11 is 0. The number of rotatable bonds is 2. The molecule has 41 valence electrons. The Balaban J connectivity index is 0. The van der Waals surface area contributed by atoms with Gasteiger partial charge in [-0.1, -0.05) is 0 Å². The van der Waals surface area contributed by atoms with E-state index < -0.39 is 0 Å². The first-order valence-electron chi connectivity index (χ1n) is 1.60. The Morgan fingerprint density at radius 1 is 1.25 bits per heavy atom. The normalized spacial score (nSPS) is 6.00. The number of aldehydes is 2. The zero-order chi connectivity index (χ0) is 5.70. The SMILES string of the molecule is O=CC(C=O)=CO.[Y]. The van der Waals surface area contributed by atoms with E-state index in [9.17, 15) is 9.59 Å². The maximum absolute atomic E-state index is 9.51. The molecule has 0 aliphatic heterocycles. The molecular weight excluding hydrogens is 185 g/mol. The Labute approximate surface area is 71.6 Å². The summed E-state index contributed by atoms with van der Waals surface area (Å²) in [5, 5.41) is 7.90. The number of aliphatic hydroxyl groups excluding tert-OH is 1. The predicted octanol–water partition coefficient (Wildman–Crippen LogP) is -0.176. The van der Waals surface area contributed by atoms with Crippen LogP contribution in [0.1, 0.15) is 0 Å². The average molecular weight is 189 g/mol. The molecular formula is C4H4O3Y. The molecule has 0 aromatic rings. The Morgan fingerprint density at radius 2 is 1.62 bits per heavy atom. The second-order valence-corrected chi connectivity index (χ2v) is 0.865. The van der Waals surface area contributed by atoms with Crippen LogP contribution in [0.15, 0.2) is 11.8 Å². The molecule has 0 aromatic carbocycles. The van der Waals surface area contributed by atoms with Crippen LogP contribution in [-0.2, 0) is 42.3 Å². The molecule has 0 amide bonds. The van der Waals surface area contributed by atoms with Crippen LogP contribution in [0.2, 0.25) is 0 Å². The van der Waals surface area contributed by atoms with Crippen molar-refractivity contribution in [3.63, 3.8) is 0 Å². The molecule has 4 heteroatoms. The Hall–Kier alpha value is -0.0161. The minimum Gasteiger partial charge on any atom is -0.515 e. The first-order valence-corrected chi connectivity index (χ1v) is 1.60. The summed E-state index contributed by atoms with van der Waals surface area (Å²) in [5.74, 6) is 0. The van der Waals surface area contributed by atoms with Crippen LogP contribution in [0, 0.1) is 0 Å². The Morgan fingerprint density at radius 3 is 1.62 bits per heavy atom. The van der Waals surface area contributed by atoms with Crippen molar-refractivity contribution in [3.05, 3.63) is 11.8 Å². The second kappa shape index (κ2) is 6.98. The molecule has 0 heterocycles. The number of hydrogen-bond acceptors (Lipinski definition) is 3. The number of aliphatic hydroxyl groups is 1. The Kier molecular flexibility index (Phi) is 9.49. The summed E-state index contributed by atoms with van der Waals surface area (Å²) in [6.07, 6.45) is 1.000. The molecule has 1 radical (unpaired) electrons. The minimum absolute atomic E-state index is 0. The Bertz CT molecular complexity index is 97.9. The molecule has 0 bridgehead atoms. The van der Waals surface area contributed by atoms with E-state index in [0.29, 0.717) is 6.26 Å². The van der Waals surface area contributed by atoms with Crippen LogP contribution in [-0.4, -0.2) is 17.7 Å². The van der Waals surface area contributed by atoms with Gasteiger partial charge in [-0.05, 0) is 0 Å². The van der Waals surface area contributed by atoms with E-state index in [1.54, 1.807) is 0 Å². The van der Waals surface area contributed by atoms with E-state index in [1.165, 1.54) is 0 Å². The van der Waals surface area contributed by atoms with Crippen molar-refractivity contribution in [2.75, 3.05) is 0 Å². The van der Waals surface area contributed by atoms with Gasteiger partial charge < -0.3 is 5.11 Å². The van der Waals surface area contributed by atoms with E-state index >= 15 is 0 Å². The van der Waals surface area contributed by atoms with Gasteiger partial charge in [0, 0.05) is 32.7 Å². The molecule has 1 N–H and O–H groups in total. The van der Waals surface area contributed by atoms with Crippen LogP contribution >= 0.6 is 0 Å². The van der Waals surface area contributed by atoms with Gasteiger partial charge in [-0.3, -0.25) is 9.59 Å². The predicted molar refractivity (Wildman–Crippen MR) is 22.8 cm³/mol. The molecule has 0 atom stereocenters. The fourth-order valence-corrected chi connectivity index (χ4v) is 0.0886. The van der Waals surface area contributed by atoms with Crippen molar-refractivity contribution in [1.29, 1.82) is 0 Å². The maximum atomic E-state index is 9.51. The van der Waals surface area contributed by atoms with Gasteiger partial charge in [0.1, 0.15) is 0 Å². The number of allylic oxidation sites excluding steroid dienone is 1. The van der Waals surface area contributed by atoms with Gasteiger partial charge in [-0.15, -0.1) is 0 Å².